The lowest BCUT2D eigenvalue weighted by Crippen LogP contribution is -2.23. The average Bonchev–Trinajstić information content (AvgIpc) is 2.80. The lowest BCUT2D eigenvalue weighted by atomic mass is 10.0. The van der Waals surface area contributed by atoms with E-state index in [9.17, 15) is 4.79 Å². The molecule has 1 heterocycles. The summed E-state index contributed by atoms with van der Waals surface area (Å²) in [5, 5.41) is 14.4. The van der Waals surface area contributed by atoms with Crippen molar-refractivity contribution in [3.63, 3.8) is 0 Å². The van der Waals surface area contributed by atoms with E-state index in [-0.39, 0.29) is 12.5 Å². The van der Waals surface area contributed by atoms with Crippen molar-refractivity contribution >= 4 is 17.5 Å². The number of carboxylic acid groups (broad SMARTS) is 1. The molecule has 0 aliphatic heterocycles. The van der Waals surface area contributed by atoms with Gasteiger partial charge in [0.15, 0.2) is 0 Å². The quantitative estimate of drug-likeness (QED) is 0.858. The SMILES string of the molecule is Cc1cccc(C(CC(=O)O)NCc2csnc2C)c1. The molecule has 0 fully saturated rings. The van der Waals surface area contributed by atoms with Crippen molar-refractivity contribution in [1.82, 2.24) is 9.69 Å². The van der Waals surface area contributed by atoms with Crippen molar-refractivity contribution in [3.8, 4) is 0 Å². The monoisotopic (exact) mass is 290 g/mol. The van der Waals surface area contributed by atoms with E-state index in [1.807, 2.05) is 43.5 Å². The van der Waals surface area contributed by atoms with E-state index in [1.54, 1.807) is 0 Å². The van der Waals surface area contributed by atoms with Crippen molar-refractivity contribution in [2.45, 2.75) is 32.9 Å². The van der Waals surface area contributed by atoms with Gasteiger partial charge in [-0.1, -0.05) is 29.8 Å². The largest absolute Gasteiger partial charge is 0.481 e. The zero-order valence-electron chi connectivity index (χ0n) is 11.6. The summed E-state index contributed by atoms with van der Waals surface area (Å²) in [6, 6.07) is 7.77. The first-order chi connectivity index (χ1) is 9.56. The molecule has 0 amide bonds. The summed E-state index contributed by atoms with van der Waals surface area (Å²) in [6.45, 7) is 4.61. The van der Waals surface area contributed by atoms with Gasteiger partial charge in [0.1, 0.15) is 0 Å². The molecule has 106 valence electrons. The first-order valence-electron chi connectivity index (χ1n) is 6.48. The van der Waals surface area contributed by atoms with Crippen molar-refractivity contribution in [3.05, 3.63) is 52.0 Å². The highest BCUT2D eigenvalue weighted by Crippen LogP contribution is 2.19. The van der Waals surface area contributed by atoms with Crippen LogP contribution in [0.4, 0.5) is 0 Å². The van der Waals surface area contributed by atoms with Crippen LogP contribution in [-0.4, -0.2) is 15.4 Å². The third-order valence-electron chi connectivity index (χ3n) is 3.21. The topological polar surface area (TPSA) is 62.2 Å². The molecule has 0 aliphatic carbocycles. The molecule has 5 heteroatoms. The number of hydrogen-bond donors (Lipinski definition) is 2. The molecule has 0 spiro atoms. The van der Waals surface area contributed by atoms with Crippen molar-refractivity contribution in [2.24, 2.45) is 0 Å². The Labute approximate surface area is 122 Å². The average molecular weight is 290 g/mol. The Bertz CT molecular complexity index is 595. The van der Waals surface area contributed by atoms with Gasteiger partial charge in [-0.15, -0.1) is 0 Å². The highest BCUT2D eigenvalue weighted by atomic mass is 32.1. The molecule has 20 heavy (non-hydrogen) atoms. The van der Waals surface area contributed by atoms with Gasteiger partial charge in [-0.05, 0) is 36.5 Å². The second-order valence-corrected chi connectivity index (χ2v) is 5.50. The fraction of sp³-hybridized carbons (Fsp3) is 0.333. The van der Waals surface area contributed by atoms with E-state index in [1.165, 1.54) is 11.5 Å². The Morgan fingerprint density at radius 3 is 2.85 bits per heavy atom. The second-order valence-electron chi connectivity index (χ2n) is 4.87. The number of aryl methyl sites for hydroxylation is 2. The minimum absolute atomic E-state index is 0.0695. The van der Waals surface area contributed by atoms with E-state index in [0.29, 0.717) is 6.54 Å². The molecule has 0 radical (unpaired) electrons. The highest BCUT2D eigenvalue weighted by molar-refractivity contribution is 7.03. The molecule has 0 saturated carbocycles. The Morgan fingerprint density at radius 1 is 1.45 bits per heavy atom. The zero-order valence-corrected chi connectivity index (χ0v) is 12.4. The van der Waals surface area contributed by atoms with E-state index in [4.69, 9.17) is 5.11 Å². The molecule has 2 N–H and O–H groups in total. The summed E-state index contributed by atoms with van der Waals surface area (Å²) in [4.78, 5) is 11.0. The number of hydrogen-bond acceptors (Lipinski definition) is 4. The van der Waals surface area contributed by atoms with Gasteiger partial charge in [0, 0.05) is 18.0 Å². The fourth-order valence-corrected chi connectivity index (χ4v) is 2.79. The van der Waals surface area contributed by atoms with Gasteiger partial charge < -0.3 is 10.4 Å². The van der Waals surface area contributed by atoms with Crippen LogP contribution < -0.4 is 5.32 Å². The number of nitrogens with one attached hydrogen (secondary N) is 1. The number of aromatic nitrogens is 1. The summed E-state index contributed by atoms with van der Waals surface area (Å²) < 4.78 is 4.23. The first kappa shape index (κ1) is 14.7. The van der Waals surface area contributed by atoms with Gasteiger partial charge >= 0.3 is 5.97 Å². The number of rotatable bonds is 6. The Morgan fingerprint density at radius 2 is 2.25 bits per heavy atom. The fourth-order valence-electron chi connectivity index (χ4n) is 2.09. The summed E-state index contributed by atoms with van der Waals surface area (Å²) in [7, 11) is 0. The predicted molar refractivity (Wildman–Crippen MR) is 79.9 cm³/mol. The van der Waals surface area contributed by atoms with Crippen LogP contribution in [0.1, 0.15) is 34.8 Å². The van der Waals surface area contributed by atoms with Gasteiger partial charge in [-0.3, -0.25) is 4.79 Å². The van der Waals surface area contributed by atoms with Crippen LogP contribution in [0.2, 0.25) is 0 Å². The van der Waals surface area contributed by atoms with Gasteiger partial charge in [0.05, 0.1) is 12.1 Å². The van der Waals surface area contributed by atoms with Crippen LogP contribution in [0.15, 0.2) is 29.6 Å². The van der Waals surface area contributed by atoms with Crippen LogP contribution >= 0.6 is 11.5 Å². The molecule has 0 bridgehead atoms. The molecule has 4 nitrogen and oxygen atoms in total. The normalized spacial score (nSPS) is 12.3. The summed E-state index contributed by atoms with van der Waals surface area (Å²) in [6.07, 6.45) is 0.0695. The van der Waals surface area contributed by atoms with Crippen LogP contribution in [0.3, 0.4) is 0 Å². The Kier molecular flexibility index (Phi) is 4.87. The molecule has 1 unspecified atom stereocenters. The van der Waals surface area contributed by atoms with Crippen molar-refractivity contribution < 1.29 is 9.90 Å². The van der Waals surface area contributed by atoms with Gasteiger partial charge in [0.2, 0.25) is 0 Å². The number of aliphatic carboxylic acids is 1. The Balaban J connectivity index is 2.11. The maximum absolute atomic E-state index is 11.0. The number of nitrogens with zero attached hydrogens (tertiary/aromatic N) is 1. The first-order valence-corrected chi connectivity index (χ1v) is 7.31. The van der Waals surface area contributed by atoms with Crippen molar-refractivity contribution in [1.29, 1.82) is 0 Å². The lowest BCUT2D eigenvalue weighted by molar-refractivity contribution is -0.137. The second kappa shape index (κ2) is 6.63. The molecule has 0 aliphatic rings. The Hall–Kier alpha value is -1.72. The number of carbonyl (C=O) groups is 1. The standard InChI is InChI=1S/C15H18N2O2S/c1-10-4-3-5-12(6-10)14(7-15(18)19)16-8-13-9-20-17-11(13)2/h3-6,9,14,16H,7-8H2,1-2H3,(H,18,19). The molecular formula is C15H18N2O2S. The number of carboxylic acids is 1. The zero-order chi connectivity index (χ0) is 14.5. The van der Waals surface area contributed by atoms with Crippen LogP contribution in [-0.2, 0) is 11.3 Å². The molecule has 1 aromatic heterocycles. The summed E-state index contributed by atoms with van der Waals surface area (Å²) >= 11 is 1.42. The summed E-state index contributed by atoms with van der Waals surface area (Å²) in [5.74, 6) is -0.802. The third-order valence-corrected chi connectivity index (χ3v) is 3.98. The summed E-state index contributed by atoms with van der Waals surface area (Å²) in [5.41, 5.74) is 4.26. The third kappa shape index (κ3) is 3.88. The lowest BCUT2D eigenvalue weighted by Gasteiger charge is -2.17. The number of benzene rings is 1. The van der Waals surface area contributed by atoms with E-state index in [2.05, 4.69) is 9.69 Å². The molecule has 2 aromatic rings. The molecule has 1 aromatic carbocycles. The highest BCUT2D eigenvalue weighted by Gasteiger charge is 2.15. The molecule has 2 rings (SSSR count). The smallest absolute Gasteiger partial charge is 0.305 e. The van der Waals surface area contributed by atoms with Crippen LogP contribution in [0.25, 0.3) is 0 Å². The maximum atomic E-state index is 11.0. The minimum Gasteiger partial charge on any atom is -0.481 e. The van der Waals surface area contributed by atoms with Gasteiger partial charge in [-0.2, -0.15) is 4.37 Å². The van der Waals surface area contributed by atoms with Crippen LogP contribution in [0.5, 0.6) is 0 Å². The van der Waals surface area contributed by atoms with Gasteiger partial charge in [0.25, 0.3) is 0 Å². The molecular weight excluding hydrogens is 272 g/mol. The molecule has 0 saturated heterocycles. The predicted octanol–water partition coefficient (Wildman–Crippen LogP) is 3.07. The van der Waals surface area contributed by atoms with E-state index >= 15 is 0 Å². The van der Waals surface area contributed by atoms with E-state index in [0.717, 1.165) is 22.4 Å². The molecule has 1 atom stereocenters. The van der Waals surface area contributed by atoms with Crippen molar-refractivity contribution in [2.75, 3.05) is 0 Å². The minimum atomic E-state index is -0.802. The van der Waals surface area contributed by atoms with Crippen LogP contribution in [0, 0.1) is 13.8 Å². The van der Waals surface area contributed by atoms with Gasteiger partial charge in [-0.25, -0.2) is 0 Å². The maximum Gasteiger partial charge on any atom is 0.305 e. The van der Waals surface area contributed by atoms with E-state index < -0.39 is 5.97 Å².